The average molecular weight is 390 g/mol. The van der Waals surface area contributed by atoms with Crippen LogP contribution in [-0.2, 0) is 9.47 Å². The molecule has 11 heteroatoms. The van der Waals surface area contributed by atoms with Crippen molar-refractivity contribution in [2.24, 2.45) is 0 Å². The van der Waals surface area contributed by atoms with Gasteiger partial charge < -0.3 is 62.9 Å². The van der Waals surface area contributed by atoms with E-state index in [1.54, 1.807) is 5.32 Å². The summed E-state index contributed by atoms with van der Waals surface area (Å²) < 4.78 is 10.3. The predicted molar refractivity (Wildman–Crippen MR) is 77.5 cm³/mol. The molecular formula is C14H28ClNO9. The van der Waals surface area contributed by atoms with Gasteiger partial charge in [0.2, 0.25) is 0 Å². The first-order valence-electron chi connectivity index (χ1n) is 8.04. The van der Waals surface area contributed by atoms with E-state index in [0.717, 1.165) is 0 Å². The minimum absolute atomic E-state index is 0. The first kappa shape index (κ1) is 22.9. The Balaban J connectivity index is 0.00000312. The van der Waals surface area contributed by atoms with Crippen LogP contribution in [0.15, 0.2) is 0 Å². The third-order valence-corrected chi connectivity index (χ3v) is 4.97. The lowest BCUT2D eigenvalue weighted by atomic mass is 9.86. The number of ether oxygens (including phenoxy) is 2. The summed E-state index contributed by atoms with van der Waals surface area (Å²) in [6.07, 6.45) is -9.37. The van der Waals surface area contributed by atoms with Gasteiger partial charge in [0.25, 0.3) is 0 Å². The number of halogens is 1. The lowest BCUT2D eigenvalue weighted by molar-refractivity contribution is -0.749. The smallest absolute Gasteiger partial charge is 0.186 e. The van der Waals surface area contributed by atoms with E-state index in [0.29, 0.717) is 0 Å². The Morgan fingerprint density at radius 2 is 1.36 bits per heavy atom. The predicted octanol–water partition coefficient (Wildman–Crippen LogP) is -8.39. The van der Waals surface area contributed by atoms with E-state index in [1.165, 1.54) is 7.11 Å². The summed E-state index contributed by atoms with van der Waals surface area (Å²) in [6.45, 7) is -0.360. The second-order valence-electron chi connectivity index (χ2n) is 6.50. The monoisotopic (exact) mass is 389 g/mol. The fraction of sp³-hybridized carbons (Fsp3) is 1.00. The minimum Gasteiger partial charge on any atom is -1.00 e. The fourth-order valence-electron chi connectivity index (χ4n) is 3.40. The Labute approximate surface area is 151 Å². The maximum atomic E-state index is 10.1. The topological polar surface area (TPSA) is 177 Å². The van der Waals surface area contributed by atoms with E-state index in [1.807, 2.05) is 0 Å². The molecule has 0 unspecified atom stereocenters. The average Bonchev–Trinajstić information content (AvgIpc) is 2.58. The maximum absolute atomic E-state index is 10.1. The van der Waals surface area contributed by atoms with Crippen LogP contribution in [0, 0.1) is 0 Å². The molecule has 0 amide bonds. The lowest BCUT2D eigenvalue weighted by Gasteiger charge is -2.41. The highest BCUT2D eigenvalue weighted by Gasteiger charge is 2.47. The lowest BCUT2D eigenvalue weighted by Crippen LogP contribution is -3.03. The van der Waals surface area contributed by atoms with E-state index < -0.39 is 61.1 Å². The number of hydrogen-bond acceptors (Lipinski definition) is 9. The van der Waals surface area contributed by atoms with Gasteiger partial charge in [0.1, 0.15) is 48.7 Å². The Morgan fingerprint density at radius 3 is 1.92 bits per heavy atom. The molecule has 2 saturated heterocycles. The standard InChI is InChI=1S/C14H27NO9.ClH/c1-23-14-13(22)12(21)10(19)7(24-14)3-2-5-8(17)11(20)9(18)6(4-16)15-5;/h5-22H,2-4H2,1H3;1H/t5-,6+,7+,8-,9+,10+,11+,12-,13+,14-;/m0./s1. The molecule has 25 heavy (non-hydrogen) atoms. The van der Waals surface area contributed by atoms with E-state index in [9.17, 15) is 35.7 Å². The van der Waals surface area contributed by atoms with E-state index in [-0.39, 0.29) is 31.9 Å². The van der Waals surface area contributed by atoms with Crippen molar-refractivity contribution in [3.05, 3.63) is 0 Å². The van der Waals surface area contributed by atoms with Gasteiger partial charge in [0.05, 0.1) is 12.7 Å². The van der Waals surface area contributed by atoms with Crippen molar-refractivity contribution in [1.82, 2.24) is 0 Å². The quantitative estimate of drug-likeness (QED) is 0.227. The Kier molecular flexibility index (Phi) is 8.91. The van der Waals surface area contributed by atoms with Crippen molar-refractivity contribution >= 4 is 0 Å². The SMILES string of the molecule is CO[C@H]1O[C@H](CC[C@@H]2[NH2+][C@H](CO)[C@@H](O)[C@H](O)[C@H]2O)[C@@H](O)[C@H](O)[C@H]1O.[Cl-]. The molecule has 150 valence electrons. The third kappa shape index (κ3) is 4.79. The molecular weight excluding hydrogens is 362 g/mol. The highest BCUT2D eigenvalue weighted by atomic mass is 35.5. The van der Waals surface area contributed by atoms with Gasteiger partial charge in [-0.25, -0.2) is 0 Å². The van der Waals surface area contributed by atoms with Crippen LogP contribution in [-0.4, -0.2) is 111 Å². The van der Waals surface area contributed by atoms with Crippen molar-refractivity contribution in [2.45, 2.75) is 73.9 Å². The summed E-state index contributed by atoms with van der Waals surface area (Å²) in [5.74, 6) is 0. The highest BCUT2D eigenvalue weighted by Crippen LogP contribution is 2.25. The normalized spacial score (nSPS) is 48.0. The van der Waals surface area contributed by atoms with Gasteiger partial charge in [-0.3, -0.25) is 0 Å². The molecule has 0 aromatic heterocycles. The van der Waals surface area contributed by atoms with Gasteiger partial charge in [-0.2, -0.15) is 0 Å². The van der Waals surface area contributed by atoms with Gasteiger partial charge in [0, 0.05) is 13.5 Å². The molecule has 0 spiro atoms. The van der Waals surface area contributed by atoms with Crippen LogP contribution >= 0.6 is 0 Å². The van der Waals surface area contributed by atoms with E-state index >= 15 is 0 Å². The molecule has 0 bridgehead atoms. The van der Waals surface area contributed by atoms with Gasteiger partial charge in [0.15, 0.2) is 6.29 Å². The zero-order chi connectivity index (χ0) is 18.0. The van der Waals surface area contributed by atoms with Crippen LogP contribution in [0.25, 0.3) is 0 Å². The van der Waals surface area contributed by atoms with Crippen molar-refractivity contribution in [3.8, 4) is 0 Å². The molecule has 0 radical (unpaired) electrons. The van der Waals surface area contributed by atoms with E-state index in [4.69, 9.17) is 9.47 Å². The molecule has 2 aliphatic heterocycles. The summed E-state index contributed by atoms with van der Waals surface area (Å²) in [7, 11) is 1.30. The third-order valence-electron chi connectivity index (χ3n) is 4.97. The van der Waals surface area contributed by atoms with Crippen LogP contribution in [0.2, 0.25) is 0 Å². The van der Waals surface area contributed by atoms with Gasteiger partial charge >= 0.3 is 0 Å². The molecule has 0 aromatic rings. The number of aliphatic hydroxyl groups excluding tert-OH is 7. The second-order valence-corrected chi connectivity index (χ2v) is 6.50. The zero-order valence-electron chi connectivity index (χ0n) is 13.8. The summed E-state index contributed by atoms with van der Waals surface area (Å²) in [5.41, 5.74) is 0. The Bertz CT molecular complexity index is 366. The summed E-state index contributed by atoms with van der Waals surface area (Å²) in [6, 6.07) is -1.19. The Morgan fingerprint density at radius 1 is 0.800 bits per heavy atom. The number of quaternary nitrogens is 1. The maximum Gasteiger partial charge on any atom is 0.186 e. The molecule has 0 aliphatic carbocycles. The number of piperidine rings is 1. The molecule has 0 aromatic carbocycles. The molecule has 2 heterocycles. The minimum atomic E-state index is -1.42. The van der Waals surface area contributed by atoms with Gasteiger partial charge in [-0.15, -0.1) is 0 Å². The van der Waals surface area contributed by atoms with Crippen molar-refractivity contribution in [1.29, 1.82) is 0 Å². The van der Waals surface area contributed by atoms with Gasteiger partial charge in [-0.1, -0.05) is 0 Å². The molecule has 2 aliphatic rings. The summed E-state index contributed by atoms with van der Waals surface area (Å²) in [5, 5.41) is 70.1. The van der Waals surface area contributed by atoms with Crippen molar-refractivity contribution in [3.63, 3.8) is 0 Å². The van der Waals surface area contributed by atoms with Crippen LogP contribution in [0.5, 0.6) is 0 Å². The number of methoxy groups -OCH3 is 1. The summed E-state index contributed by atoms with van der Waals surface area (Å²) >= 11 is 0. The zero-order valence-corrected chi connectivity index (χ0v) is 14.6. The molecule has 9 N–H and O–H groups in total. The van der Waals surface area contributed by atoms with Crippen molar-refractivity contribution < 1.29 is 62.9 Å². The van der Waals surface area contributed by atoms with Crippen molar-refractivity contribution in [2.75, 3.05) is 13.7 Å². The van der Waals surface area contributed by atoms with Gasteiger partial charge in [-0.05, 0) is 6.42 Å². The van der Waals surface area contributed by atoms with E-state index in [2.05, 4.69) is 0 Å². The Hall–Kier alpha value is -0.110. The number of hydrogen-bond donors (Lipinski definition) is 8. The largest absolute Gasteiger partial charge is 1.00 e. The van der Waals surface area contributed by atoms with Crippen LogP contribution in [0.4, 0.5) is 0 Å². The second kappa shape index (κ2) is 9.72. The molecule has 0 saturated carbocycles. The van der Waals surface area contributed by atoms with Crippen LogP contribution in [0.3, 0.4) is 0 Å². The number of rotatable bonds is 5. The molecule has 10 atom stereocenters. The number of nitrogens with two attached hydrogens (primary N) is 1. The summed E-state index contributed by atoms with van der Waals surface area (Å²) in [4.78, 5) is 0. The fourth-order valence-corrected chi connectivity index (χ4v) is 3.40. The molecule has 2 rings (SSSR count). The first-order chi connectivity index (χ1) is 11.3. The highest BCUT2D eigenvalue weighted by molar-refractivity contribution is 4.92. The molecule has 2 fully saturated rings. The van der Waals surface area contributed by atoms with Crippen LogP contribution < -0.4 is 17.7 Å². The van der Waals surface area contributed by atoms with Crippen LogP contribution in [0.1, 0.15) is 12.8 Å². The number of aliphatic hydroxyl groups is 7. The molecule has 10 nitrogen and oxygen atoms in total. The first-order valence-corrected chi connectivity index (χ1v) is 8.04.